The molecule has 0 aliphatic rings. The molecule has 2 rings (SSSR count). The number of rotatable bonds is 2. The first-order valence-electron chi connectivity index (χ1n) is 4.59. The number of thiophene rings is 1. The smallest absolute Gasteiger partial charge is 0.0413 e. The van der Waals surface area contributed by atoms with E-state index in [0.717, 1.165) is 5.02 Å². The Hall–Kier alpha value is -0.570. The van der Waals surface area contributed by atoms with E-state index >= 15 is 0 Å². The Kier molecular flexibility index (Phi) is 2.77. The fourth-order valence-electron chi connectivity index (χ4n) is 1.53. The van der Waals surface area contributed by atoms with E-state index in [1.807, 2.05) is 12.1 Å². The fourth-order valence-corrected chi connectivity index (χ4v) is 2.77. The van der Waals surface area contributed by atoms with Crippen molar-refractivity contribution in [3.63, 3.8) is 0 Å². The standard InChI is InChI=1S/C11H12ClNS/c1-7(5-13)10-6-14-11-3-2-8(12)4-9(10)11/h2-4,6-7H,5,13H2,1H3. The predicted molar refractivity (Wildman–Crippen MR) is 64.3 cm³/mol. The highest BCUT2D eigenvalue weighted by Crippen LogP contribution is 2.32. The molecular formula is C11H12ClNS. The molecule has 1 aromatic carbocycles. The number of hydrogen-bond donors (Lipinski definition) is 1. The average molecular weight is 226 g/mol. The number of hydrogen-bond acceptors (Lipinski definition) is 2. The van der Waals surface area contributed by atoms with Crippen LogP contribution in [0.25, 0.3) is 10.1 Å². The van der Waals surface area contributed by atoms with Crippen molar-refractivity contribution in [2.45, 2.75) is 12.8 Å². The van der Waals surface area contributed by atoms with E-state index in [1.165, 1.54) is 15.6 Å². The van der Waals surface area contributed by atoms with E-state index in [2.05, 4.69) is 18.4 Å². The summed E-state index contributed by atoms with van der Waals surface area (Å²) in [5.74, 6) is 0.405. The first kappa shape index (κ1) is 9.97. The monoisotopic (exact) mass is 225 g/mol. The van der Waals surface area contributed by atoms with Crippen molar-refractivity contribution in [2.75, 3.05) is 6.54 Å². The van der Waals surface area contributed by atoms with Crippen LogP contribution in [0.15, 0.2) is 23.6 Å². The van der Waals surface area contributed by atoms with Gasteiger partial charge in [0.2, 0.25) is 0 Å². The summed E-state index contributed by atoms with van der Waals surface area (Å²) in [6.07, 6.45) is 0. The summed E-state index contributed by atoms with van der Waals surface area (Å²) in [6.45, 7) is 2.82. The third kappa shape index (κ3) is 1.65. The van der Waals surface area contributed by atoms with Gasteiger partial charge in [0.25, 0.3) is 0 Å². The minimum absolute atomic E-state index is 0.405. The fraction of sp³-hybridized carbons (Fsp3) is 0.273. The highest BCUT2D eigenvalue weighted by molar-refractivity contribution is 7.17. The zero-order chi connectivity index (χ0) is 10.1. The second-order valence-corrected chi connectivity index (χ2v) is 4.82. The van der Waals surface area contributed by atoms with Crippen LogP contribution in [0.5, 0.6) is 0 Å². The molecule has 0 amide bonds. The number of fused-ring (bicyclic) bond motifs is 1. The molecule has 0 aliphatic heterocycles. The number of nitrogens with two attached hydrogens (primary N) is 1. The quantitative estimate of drug-likeness (QED) is 0.830. The van der Waals surface area contributed by atoms with E-state index in [0.29, 0.717) is 12.5 Å². The van der Waals surface area contributed by atoms with Crippen LogP contribution in [0.1, 0.15) is 18.4 Å². The van der Waals surface area contributed by atoms with Gasteiger partial charge in [-0.05, 0) is 47.0 Å². The number of halogens is 1. The molecule has 1 atom stereocenters. The second-order valence-electron chi connectivity index (χ2n) is 3.47. The molecule has 3 heteroatoms. The third-order valence-electron chi connectivity index (χ3n) is 2.45. The van der Waals surface area contributed by atoms with Gasteiger partial charge in [-0.2, -0.15) is 0 Å². The molecule has 0 saturated heterocycles. The molecule has 2 N–H and O–H groups in total. The molecule has 0 radical (unpaired) electrons. The molecule has 0 saturated carbocycles. The molecular weight excluding hydrogens is 214 g/mol. The summed E-state index contributed by atoms with van der Waals surface area (Å²) in [4.78, 5) is 0. The van der Waals surface area contributed by atoms with Crippen molar-refractivity contribution in [3.8, 4) is 0 Å². The maximum atomic E-state index is 5.97. The van der Waals surface area contributed by atoms with Gasteiger partial charge in [-0.1, -0.05) is 18.5 Å². The third-order valence-corrected chi connectivity index (χ3v) is 3.67. The van der Waals surface area contributed by atoms with Crippen LogP contribution in [0.3, 0.4) is 0 Å². The van der Waals surface area contributed by atoms with Crippen LogP contribution >= 0.6 is 22.9 Å². The lowest BCUT2D eigenvalue weighted by atomic mass is 10.0. The van der Waals surface area contributed by atoms with Crippen LogP contribution in [-0.2, 0) is 0 Å². The molecule has 1 unspecified atom stereocenters. The Balaban J connectivity index is 2.61. The van der Waals surface area contributed by atoms with Gasteiger partial charge in [-0.15, -0.1) is 11.3 Å². The maximum absolute atomic E-state index is 5.97. The Labute approximate surface area is 92.5 Å². The van der Waals surface area contributed by atoms with Crippen LogP contribution in [0, 0.1) is 0 Å². The van der Waals surface area contributed by atoms with E-state index in [-0.39, 0.29) is 0 Å². The Morgan fingerprint density at radius 3 is 3.00 bits per heavy atom. The van der Waals surface area contributed by atoms with E-state index in [9.17, 15) is 0 Å². The van der Waals surface area contributed by atoms with Gasteiger partial charge in [0.15, 0.2) is 0 Å². The molecule has 1 aromatic heterocycles. The van der Waals surface area contributed by atoms with Crippen molar-refractivity contribution in [1.29, 1.82) is 0 Å². The zero-order valence-corrected chi connectivity index (χ0v) is 9.53. The minimum atomic E-state index is 0.405. The summed E-state index contributed by atoms with van der Waals surface area (Å²) in [7, 11) is 0. The Morgan fingerprint density at radius 1 is 1.50 bits per heavy atom. The molecule has 0 spiro atoms. The highest BCUT2D eigenvalue weighted by atomic mass is 35.5. The molecule has 0 bridgehead atoms. The maximum Gasteiger partial charge on any atom is 0.0413 e. The van der Waals surface area contributed by atoms with Gasteiger partial charge >= 0.3 is 0 Å². The van der Waals surface area contributed by atoms with Gasteiger partial charge in [0.1, 0.15) is 0 Å². The van der Waals surface area contributed by atoms with Gasteiger partial charge in [0, 0.05) is 9.72 Å². The first-order valence-corrected chi connectivity index (χ1v) is 5.85. The zero-order valence-electron chi connectivity index (χ0n) is 7.96. The number of benzene rings is 1. The van der Waals surface area contributed by atoms with Gasteiger partial charge in [-0.25, -0.2) is 0 Å². The molecule has 1 heterocycles. The van der Waals surface area contributed by atoms with Gasteiger partial charge in [0.05, 0.1) is 0 Å². The lowest BCUT2D eigenvalue weighted by Crippen LogP contribution is -2.08. The topological polar surface area (TPSA) is 26.0 Å². The van der Waals surface area contributed by atoms with Crippen LogP contribution in [-0.4, -0.2) is 6.54 Å². The SMILES string of the molecule is CC(CN)c1csc2ccc(Cl)cc12. The van der Waals surface area contributed by atoms with Crippen LogP contribution in [0.4, 0.5) is 0 Å². The largest absolute Gasteiger partial charge is 0.330 e. The Bertz CT molecular complexity index is 449. The summed E-state index contributed by atoms with van der Waals surface area (Å²) in [6, 6.07) is 6.02. The van der Waals surface area contributed by atoms with Crippen molar-refractivity contribution in [1.82, 2.24) is 0 Å². The van der Waals surface area contributed by atoms with Gasteiger partial charge in [-0.3, -0.25) is 0 Å². The molecule has 0 aliphatic carbocycles. The average Bonchev–Trinajstić information content (AvgIpc) is 2.59. The van der Waals surface area contributed by atoms with Crippen LogP contribution < -0.4 is 5.73 Å². The van der Waals surface area contributed by atoms with E-state index in [1.54, 1.807) is 11.3 Å². The minimum Gasteiger partial charge on any atom is -0.330 e. The van der Waals surface area contributed by atoms with Crippen molar-refractivity contribution < 1.29 is 0 Å². The van der Waals surface area contributed by atoms with Crippen molar-refractivity contribution in [2.24, 2.45) is 5.73 Å². The highest BCUT2D eigenvalue weighted by Gasteiger charge is 2.09. The van der Waals surface area contributed by atoms with Crippen molar-refractivity contribution in [3.05, 3.63) is 34.2 Å². The predicted octanol–water partition coefficient (Wildman–Crippen LogP) is 3.62. The van der Waals surface area contributed by atoms with E-state index in [4.69, 9.17) is 17.3 Å². The van der Waals surface area contributed by atoms with Crippen LogP contribution in [0.2, 0.25) is 5.02 Å². The lowest BCUT2D eigenvalue weighted by Gasteiger charge is -2.06. The molecule has 74 valence electrons. The summed E-state index contributed by atoms with van der Waals surface area (Å²) in [5, 5.41) is 4.22. The van der Waals surface area contributed by atoms with Gasteiger partial charge < -0.3 is 5.73 Å². The van der Waals surface area contributed by atoms with E-state index < -0.39 is 0 Å². The molecule has 0 fully saturated rings. The summed E-state index contributed by atoms with van der Waals surface area (Å²) in [5.41, 5.74) is 6.98. The Morgan fingerprint density at radius 2 is 2.29 bits per heavy atom. The molecule has 14 heavy (non-hydrogen) atoms. The second kappa shape index (κ2) is 3.89. The lowest BCUT2D eigenvalue weighted by molar-refractivity contribution is 0.783. The molecule has 1 nitrogen and oxygen atoms in total. The summed E-state index contributed by atoms with van der Waals surface area (Å²) >= 11 is 7.72. The first-order chi connectivity index (χ1) is 6.72. The normalized spacial score (nSPS) is 13.4. The summed E-state index contributed by atoms with van der Waals surface area (Å²) < 4.78 is 1.28. The van der Waals surface area contributed by atoms with Crippen molar-refractivity contribution >= 4 is 33.0 Å². The molecule has 2 aromatic rings.